The Kier molecular flexibility index (Phi) is 5.50. The molecule has 1 aromatic carbocycles. The number of likely N-dealkylation sites (N-methyl/N-ethyl adjacent to an activating group) is 1. The minimum Gasteiger partial charge on any atom is -0.354 e. The zero-order valence-electron chi connectivity index (χ0n) is 16.7. The molecule has 1 aromatic heterocycles. The summed E-state index contributed by atoms with van der Waals surface area (Å²) >= 11 is 0. The first-order chi connectivity index (χ1) is 14.0. The molecule has 3 heterocycles. The van der Waals surface area contributed by atoms with Gasteiger partial charge in [-0.2, -0.15) is 0 Å². The third kappa shape index (κ3) is 4.10. The predicted octanol–water partition coefficient (Wildman–Crippen LogP) is 3.07. The van der Waals surface area contributed by atoms with Crippen LogP contribution in [0.4, 0.5) is 14.6 Å². The van der Waals surface area contributed by atoms with Gasteiger partial charge in [-0.25, -0.2) is 13.8 Å². The Morgan fingerprint density at radius 3 is 2.34 bits per heavy atom. The third-order valence-electron chi connectivity index (χ3n) is 5.98. The number of benzene rings is 1. The third-order valence-corrected chi connectivity index (χ3v) is 5.98. The number of pyridine rings is 1. The molecule has 0 aliphatic carbocycles. The second kappa shape index (κ2) is 8.06. The van der Waals surface area contributed by atoms with Crippen molar-refractivity contribution in [1.29, 1.82) is 0 Å². The fourth-order valence-corrected chi connectivity index (χ4v) is 4.07. The van der Waals surface area contributed by atoms with Crippen LogP contribution in [0.15, 0.2) is 42.5 Å². The second-order valence-corrected chi connectivity index (χ2v) is 7.91. The Bertz CT molecular complexity index is 875. The lowest BCUT2D eigenvalue weighted by Crippen LogP contribution is -2.45. The number of piperidine rings is 1. The molecule has 154 valence electrons. The normalized spacial score (nSPS) is 20.0. The fraction of sp³-hybridized carbons (Fsp3) is 0.455. The number of likely N-dealkylation sites (tertiary alicyclic amines) is 1. The second-order valence-electron chi connectivity index (χ2n) is 7.91. The summed E-state index contributed by atoms with van der Waals surface area (Å²) in [6.45, 7) is 4.14. The number of carbonyl (C=O) groups is 1. The Labute approximate surface area is 169 Å². The van der Waals surface area contributed by atoms with Gasteiger partial charge in [0.05, 0.1) is 0 Å². The molecular formula is C22H26F2N4O. The highest BCUT2D eigenvalue weighted by atomic mass is 19.1. The molecule has 0 unspecified atom stereocenters. The lowest BCUT2D eigenvalue weighted by molar-refractivity contribution is 0.0402. The van der Waals surface area contributed by atoms with Gasteiger partial charge < -0.3 is 14.7 Å². The smallest absolute Gasteiger partial charge is 0.272 e. The van der Waals surface area contributed by atoms with Crippen LogP contribution in [0.2, 0.25) is 0 Å². The van der Waals surface area contributed by atoms with Gasteiger partial charge in [-0.1, -0.05) is 24.3 Å². The maximum Gasteiger partial charge on any atom is 0.272 e. The highest BCUT2D eigenvalue weighted by Gasteiger charge is 2.39. The highest BCUT2D eigenvalue weighted by Crippen LogP contribution is 2.38. The molecule has 2 fully saturated rings. The summed E-state index contributed by atoms with van der Waals surface area (Å²) in [6.07, 6.45) is 0.162. The van der Waals surface area contributed by atoms with E-state index in [-0.39, 0.29) is 37.4 Å². The van der Waals surface area contributed by atoms with Crippen LogP contribution >= 0.6 is 0 Å². The number of piperazine rings is 1. The molecule has 7 heteroatoms. The number of halogens is 2. The molecule has 1 amide bonds. The van der Waals surface area contributed by atoms with Crippen molar-refractivity contribution in [2.24, 2.45) is 0 Å². The van der Waals surface area contributed by atoms with Crippen LogP contribution in [0.1, 0.15) is 28.9 Å². The summed E-state index contributed by atoms with van der Waals surface area (Å²) < 4.78 is 29.4. The van der Waals surface area contributed by atoms with Gasteiger partial charge >= 0.3 is 0 Å². The maximum atomic E-state index is 15.3. The van der Waals surface area contributed by atoms with Gasteiger partial charge in [-0.3, -0.25) is 4.79 Å². The van der Waals surface area contributed by atoms with E-state index >= 15 is 4.39 Å². The standard InChI is InChI=1S/C22H26F2N4O/c1-26-13-15-27(16-14-26)20-8-4-7-19(25-20)21(29)28-11-9-22(24,10-12-28)17-5-2-3-6-18(17)23/h2-8H,9-16H2,1H3. The molecule has 2 aliphatic heterocycles. The van der Waals surface area contributed by atoms with E-state index < -0.39 is 11.5 Å². The van der Waals surface area contributed by atoms with Crippen molar-refractivity contribution in [1.82, 2.24) is 14.8 Å². The molecule has 4 rings (SSSR count). The van der Waals surface area contributed by atoms with Crippen molar-refractivity contribution in [2.75, 3.05) is 51.2 Å². The first-order valence-corrected chi connectivity index (χ1v) is 10.1. The van der Waals surface area contributed by atoms with E-state index in [2.05, 4.69) is 21.8 Å². The highest BCUT2D eigenvalue weighted by molar-refractivity contribution is 5.92. The number of hydrogen-bond donors (Lipinski definition) is 0. The van der Waals surface area contributed by atoms with E-state index in [1.807, 2.05) is 12.1 Å². The average Bonchev–Trinajstić information content (AvgIpc) is 2.75. The van der Waals surface area contributed by atoms with Gasteiger partial charge in [0.1, 0.15) is 23.0 Å². The van der Waals surface area contributed by atoms with Crippen molar-refractivity contribution in [2.45, 2.75) is 18.5 Å². The molecule has 0 saturated carbocycles. The van der Waals surface area contributed by atoms with E-state index in [0.29, 0.717) is 5.69 Å². The molecule has 5 nitrogen and oxygen atoms in total. The first kappa shape index (κ1) is 19.8. The summed E-state index contributed by atoms with van der Waals surface area (Å²) in [7, 11) is 2.09. The molecule has 29 heavy (non-hydrogen) atoms. The van der Waals surface area contributed by atoms with Crippen LogP contribution in [0.25, 0.3) is 0 Å². The van der Waals surface area contributed by atoms with E-state index in [0.717, 1.165) is 32.0 Å². The summed E-state index contributed by atoms with van der Waals surface area (Å²) in [5, 5.41) is 0. The van der Waals surface area contributed by atoms with E-state index in [1.165, 1.54) is 12.1 Å². The van der Waals surface area contributed by atoms with Gasteiger partial charge in [0.25, 0.3) is 5.91 Å². The van der Waals surface area contributed by atoms with Gasteiger partial charge in [0, 0.05) is 57.7 Å². The molecule has 0 N–H and O–H groups in total. The minimum atomic E-state index is -1.74. The van der Waals surface area contributed by atoms with Crippen molar-refractivity contribution < 1.29 is 13.6 Å². The van der Waals surface area contributed by atoms with Crippen molar-refractivity contribution >= 4 is 11.7 Å². The number of amides is 1. The fourth-order valence-electron chi connectivity index (χ4n) is 4.07. The van der Waals surface area contributed by atoms with Crippen LogP contribution < -0.4 is 4.90 Å². The quantitative estimate of drug-likeness (QED) is 0.794. The largest absolute Gasteiger partial charge is 0.354 e. The zero-order valence-corrected chi connectivity index (χ0v) is 16.7. The summed E-state index contributed by atoms with van der Waals surface area (Å²) in [6, 6.07) is 11.4. The minimum absolute atomic E-state index is 0.0812. The number of carbonyl (C=O) groups excluding carboxylic acids is 1. The topological polar surface area (TPSA) is 39.7 Å². The number of nitrogens with zero attached hydrogens (tertiary/aromatic N) is 4. The van der Waals surface area contributed by atoms with Crippen LogP contribution in [-0.4, -0.2) is 67.0 Å². The molecule has 2 aliphatic rings. The summed E-state index contributed by atoms with van der Waals surface area (Å²) in [4.78, 5) is 23.6. The number of alkyl halides is 1. The molecule has 2 aromatic rings. The summed E-state index contributed by atoms with van der Waals surface area (Å²) in [5.74, 6) is 0.0695. The Balaban J connectivity index is 1.44. The van der Waals surface area contributed by atoms with Crippen LogP contribution in [0, 0.1) is 5.82 Å². The Morgan fingerprint density at radius 2 is 1.66 bits per heavy atom. The predicted molar refractivity (Wildman–Crippen MR) is 108 cm³/mol. The van der Waals surface area contributed by atoms with Crippen molar-refractivity contribution in [3.63, 3.8) is 0 Å². The van der Waals surface area contributed by atoms with Crippen LogP contribution in [0.3, 0.4) is 0 Å². The van der Waals surface area contributed by atoms with Crippen molar-refractivity contribution in [3.8, 4) is 0 Å². The van der Waals surface area contributed by atoms with Gasteiger partial charge in [0.2, 0.25) is 0 Å². The van der Waals surface area contributed by atoms with Gasteiger partial charge in [-0.05, 0) is 25.2 Å². The van der Waals surface area contributed by atoms with E-state index in [9.17, 15) is 9.18 Å². The zero-order chi connectivity index (χ0) is 20.4. The summed E-state index contributed by atoms with van der Waals surface area (Å²) in [5.41, 5.74) is -1.28. The average molecular weight is 400 g/mol. The lowest BCUT2D eigenvalue weighted by atomic mass is 9.85. The number of rotatable bonds is 3. The van der Waals surface area contributed by atoms with Gasteiger partial charge in [0.15, 0.2) is 0 Å². The number of aromatic nitrogens is 1. The number of hydrogen-bond acceptors (Lipinski definition) is 4. The van der Waals surface area contributed by atoms with E-state index in [4.69, 9.17) is 0 Å². The Hall–Kier alpha value is -2.54. The molecule has 0 bridgehead atoms. The first-order valence-electron chi connectivity index (χ1n) is 10.1. The Morgan fingerprint density at radius 1 is 0.966 bits per heavy atom. The van der Waals surface area contributed by atoms with E-state index in [1.54, 1.807) is 23.1 Å². The molecule has 0 atom stereocenters. The van der Waals surface area contributed by atoms with Crippen LogP contribution in [-0.2, 0) is 5.67 Å². The molecular weight excluding hydrogens is 374 g/mol. The maximum absolute atomic E-state index is 15.3. The lowest BCUT2D eigenvalue weighted by Gasteiger charge is -2.37. The van der Waals surface area contributed by atoms with Crippen LogP contribution in [0.5, 0.6) is 0 Å². The molecule has 0 spiro atoms. The SMILES string of the molecule is CN1CCN(c2cccc(C(=O)N3CCC(F)(c4ccccc4F)CC3)n2)CC1. The molecule has 0 radical (unpaired) electrons. The monoisotopic (exact) mass is 400 g/mol. The van der Waals surface area contributed by atoms with Crippen molar-refractivity contribution in [3.05, 3.63) is 59.5 Å². The molecule has 2 saturated heterocycles. The number of anilines is 1. The van der Waals surface area contributed by atoms with Gasteiger partial charge in [-0.15, -0.1) is 0 Å².